The van der Waals surface area contributed by atoms with Crippen LogP contribution >= 0.6 is 11.3 Å². The van der Waals surface area contributed by atoms with Crippen LogP contribution in [0.25, 0.3) is 21.5 Å². The highest BCUT2D eigenvalue weighted by molar-refractivity contribution is 7.17. The molecular formula is C26H27FN2OS. The Labute approximate surface area is 186 Å². The van der Waals surface area contributed by atoms with Gasteiger partial charge in [-0.3, -0.25) is 4.90 Å². The molecule has 1 aliphatic heterocycles. The zero-order chi connectivity index (χ0) is 21.0. The predicted octanol–water partition coefficient (Wildman–Crippen LogP) is 6.42. The van der Waals surface area contributed by atoms with Gasteiger partial charge in [0.15, 0.2) is 0 Å². The van der Waals surface area contributed by atoms with Crippen LogP contribution in [0.3, 0.4) is 0 Å². The van der Waals surface area contributed by atoms with E-state index in [9.17, 15) is 4.39 Å². The molecule has 5 heteroatoms. The molecule has 1 fully saturated rings. The van der Waals surface area contributed by atoms with Gasteiger partial charge in [-0.1, -0.05) is 18.6 Å². The highest BCUT2D eigenvalue weighted by Gasteiger charge is 2.13. The van der Waals surface area contributed by atoms with Crippen LogP contribution in [0.2, 0.25) is 0 Å². The number of benzene rings is 2. The van der Waals surface area contributed by atoms with E-state index < -0.39 is 0 Å². The van der Waals surface area contributed by atoms with Crippen LogP contribution in [0.15, 0.2) is 66.0 Å². The van der Waals surface area contributed by atoms with Gasteiger partial charge in [0.1, 0.15) is 18.2 Å². The molecule has 0 spiro atoms. The number of fused-ring (bicyclic) bond motifs is 1. The summed E-state index contributed by atoms with van der Waals surface area (Å²) in [6, 6.07) is 19.5. The standard InChI is InChI=1S/C26H27FN2OS/c27-22-8-6-21(7-9-22)25-18-26-24(12-17-31-26)29(25)19-20-4-10-23(11-5-20)30-16-15-28-13-2-1-3-14-28/h4-12,17-18H,1-3,13-16,19H2. The third kappa shape index (κ3) is 4.68. The summed E-state index contributed by atoms with van der Waals surface area (Å²) in [5.74, 6) is 0.715. The largest absolute Gasteiger partial charge is 0.492 e. The first-order chi connectivity index (χ1) is 15.3. The molecule has 5 rings (SSSR count). The van der Waals surface area contributed by atoms with E-state index in [2.05, 4.69) is 51.2 Å². The second-order valence-electron chi connectivity index (χ2n) is 8.19. The van der Waals surface area contributed by atoms with Crippen LogP contribution < -0.4 is 4.74 Å². The highest BCUT2D eigenvalue weighted by Crippen LogP contribution is 2.32. The molecule has 1 saturated heterocycles. The smallest absolute Gasteiger partial charge is 0.123 e. The Hall–Kier alpha value is -2.63. The van der Waals surface area contributed by atoms with E-state index in [4.69, 9.17) is 4.74 Å². The van der Waals surface area contributed by atoms with Crippen LogP contribution in [0.5, 0.6) is 5.75 Å². The summed E-state index contributed by atoms with van der Waals surface area (Å²) in [7, 11) is 0. The Balaban J connectivity index is 1.29. The summed E-state index contributed by atoms with van der Waals surface area (Å²) >= 11 is 1.73. The molecule has 31 heavy (non-hydrogen) atoms. The lowest BCUT2D eigenvalue weighted by Crippen LogP contribution is -2.33. The fraction of sp³-hybridized carbons (Fsp3) is 0.308. The van der Waals surface area contributed by atoms with E-state index in [1.165, 1.54) is 60.3 Å². The molecule has 0 radical (unpaired) electrons. The molecule has 160 valence electrons. The molecule has 0 atom stereocenters. The maximum absolute atomic E-state index is 13.4. The normalized spacial score (nSPS) is 14.9. The minimum atomic E-state index is -0.209. The van der Waals surface area contributed by atoms with Crippen LogP contribution in [-0.2, 0) is 6.54 Å². The minimum absolute atomic E-state index is 0.209. The van der Waals surface area contributed by atoms with Crippen molar-refractivity contribution in [1.29, 1.82) is 0 Å². The van der Waals surface area contributed by atoms with Gasteiger partial charge >= 0.3 is 0 Å². The van der Waals surface area contributed by atoms with Crippen LogP contribution in [0.4, 0.5) is 4.39 Å². The maximum atomic E-state index is 13.4. The zero-order valence-electron chi connectivity index (χ0n) is 17.6. The predicted molar refractivity (Wildman–Crippen MR) is 127 cm³/mol. The van der Waals surface area contributed by atoms with Crippen LogP contribution in [0, 0.1) is 5.82 Å². The Morgan fingerprint density at radius 1 is 0.903 bits per heavy atom. The van der Waals surface area contributed by atoms with Crippen molar-refractivity contribution in [3.63, 3.8) is 0 Å². The number of thiophene rings is 1. The lowest BCUT2D eigenvalue weighted by atomic mass is 10.1. The monoisotopic (exact) mass is 434 g/mol. The number of piperidine rings is 1. The summed E-state index contributed by atoms with van der Waals surface area (Å²) in [5, 5.41) is 2.12. The van der Waals surface area contributed by atoms with Gasteiger partial charge in [-0.05, 0) is 91.0 Å². The van der Waals surface area contributed by atoms with Crippen molar-refractivity contribution in [3.05, 3.63) is 77.4 Å². The van der Waals surface area contributed by atoms with E-state index in [1.54, 1.807) is 11.3 Å². The minimum Gasteiger partial charge on any atom is -0.492 e. The van der Waals surface area contributed by atoms with Crippen molar-refractivity contribution >= 4 is 21.6 Å². The summed E-state index contributed by atoms with van der Waals surface area (Å²) < 4.78 is 22.9. The highest BCUT2D eigenvalue weighted by atomic mass is 32.1. The molecule has 0 bridgehead atoms. The molecular weight excluding hydrogens is 407 g/mol. The molecule has 0 amide bonds. The number of rotatable bonds is 7. The molecule has 0 N–H and O–H groups in total. The van der Waals surface area contributed by atoms with Crippen molar-refractivity contribution < 1.29 is 9.13 Å². The lowest BCUT2D eigenvalue weighted by molar-refractivity contribution is 0.183. The molecule has 1 aliphatic rings. The molecule has 0 unspecified atom stereocenters. The molecule has 2 aromatic heterocycles. The van der Waals surface area contributed by atoms with Gasteiger partial charge in [0.05, 0.1) is 15.9 Å². The second-order valence-corrected chi connectivity index (χ2v) is 9.14. The van der Waals surface area contributed by atoms with E-state index >= 15 is 0 Å². The van der Waals surface area contributed by atoms with Gasteiger partial charge < -0.3 is 9.30 Å². The average Bonchev–Trinajstić information content (AvgIpc) is 3.39. The number of hydrogen-bond acceptors (Lipinski definition) is 3. The summed E-state index contributed by atoms with van der Waals surface area (Å²) in [4.78, 5) is 2.49. The Kier molecular flexibility index (Phi) is 6.05. The van der Waals surface area contributed by atoms with Crippen molar-refractivity contribution in [2.24, 2.45) is 0 Å². The first-order valence-electron chi connectivity index (χ1n) is 11.0. The maximum Gasteiger partial charge on any atom is 0.123 e. The topological polar surface area (TPSA) is 17.4 Å². The van der Waals surface area contributed by atoms with E-state index in [0.29, 0.717) is 0 Å². The third-order valence-corrected chi connectivity index (χ3v) is 6.90. The zero-order valence-corrected chi connectivity index (χ0v) is 18.4. The number of halogens is 1. The summed E-state index contributed by atoms with van der Waals surface area (Å²) in [5.41, 5.74) is 4.58. The number of hydrogen-bond donors (Lipinski definition) is 0. The second kappa shape index (κ2) is 9.25. The fourth-order valence-corrected chi connectivity index (χ4v) is 5.18. The Bertz CT molecular complexity index is 1120. The first-order valence-corrected chi connectivity index (χ1v) is 11.9. The molecule has 0 aliphatic carbocycles. The average molecular weight is 435 g/mol. The molecule has 3 nitrogen and oxygen atoms in total. The SMILES string of the molecule is Fc1ccc(-c2cc3sccc3n2Cc2ccc(OCCN3CCCCC3)cc2)cc1. The molecule has 0 saturated carbocycles. The fourth-order valence-electron chi connectivity index (χ4n) is 4.36. The number of likely N-dealkylation sites (tertiary alicyclic amines) is 1. The van der Waals surface area contributed by atoms with E-state index in [0.717, 1.165) is 36.7 Å². The molecule has 3 heterocycles. The van der Waals surface area contributed by atoms with Crippen LogP contribution in [0.1, 0.15) is 24.8 Å². The van der Waals surface area contributed by atoms with Crippen molar-refractivity contribution in [3.8, 4) is 17.0 Å². The van der Waals surface area contributed by atoms with Gasteiger partial charge in [-0.25, -0.2) is 4.39 Å². The third-order valence-electron chi connectivity index (χ3n) is 6.05. The number of aromatic nitrogens is 1. The van der Waals surface area contributed by atoms with Gasteiger partial charge in [0.2, 0.25) is 0 Å². The van der Waals surface area contributed by atoms with Gasteiger partial charge in [-0.15, -0.1) is 11.3 Å². The molecule has 2 aromatic carbocycles. The van der Waals surface area contributed by atoms with Crippen molar-refractivity contribution in [2.75, 3.05) is 26.2 Å². The van der Waals surface area contributed by atoms with E-state index in [1.807, 2.05) is 12.1 Å². The summed E-state index contributed by atoms with van der Waals surface area (Å²) in [6.45, 7) is 4.91. The Morgan fingerprint density at radius 2 is 1.68 bits per heavy atom. The summed E-state index contributed by atoms with van der Waals surface area (Å²) in [6.07, 6.45) is 3.98. The van der Waals surface area contributed by atoms with Gasteiger partial charge in [0, 0.05) is 13.1 Å². The van der Waals surface area contributed by atoms with Crippen molar-refractivity contribution in [2.45, 2.75) is 25.8 Å². The Morgan fingerprint density at radius 3 is 2.45 bits per heavy atom. The molecule has 4 aromatic rings. The van der Waals surface area contributed by atoms with Gasteiger partial charge in [0.25, 0.3) is 0 Å². The van der Waals surface area contributed by atoms with E-state index in [-0.39, 0.29) is 5.82 Å². The van der Waals surface area contributed by atoms with Crippen molar-refractivity contribution in [1.82, 2.24) is 9.47 Å². The first kappa shape index (κ1) is 20.3. The van der Waals surface area contributed by atoms with Crippen LogP contribution in [-0.4, -0.2) is 35.7 Å². The quantitative estimate of drug-likeness (QED) is 0.334. The van der Waals surface area contributed by atoms with Gasteiger partial charge in [-0.2, -0.15) is 0 Å². The number of nitrogens with zero attached hydrogens (tertiary/aromatic N) is 2. The number of ether oxygens (including phenoxy) is 1. The lowest BCUT2D eigenvalue weighted by Gasteiger charge is -2.26.